The van der Waals surface area contributed by atoms with Crippen LogP contribution in [0.25, 0.3) is 0 Å². The number of rotatable bonds is 5. The van der Waals surface area contributed by atoms with Gasteiger partial charge in [0.2, 0.25) is 0 Å². The molecule has 2 aromatic carbocycles. The highest BCUT2D eigenvalue weighted by Crippen LogP contribution is 2.21. The maximum Gasteiger partial charge on any atom is 0.250 e. The molecule has 0 aromatic heterocycles. The minimum atomic E-state index is -0.506. The fraction of sp³-hybridized carbons (Fsp3) is 0.133. The van der Waals surface area contributed by atoms with Crippen LogP contribution < -0.4 is 16.8 Å². The average molecular weight is 290 g/mol. The lowest BCUT2D eigenvalue weighted by Gasteiger charge is -2.11. The summed E-state index contributed by atoms with van der Waals surface area (Å²) in [6.45, 7) is 1.11. The molecule has 5 heteroatoms. The second-order valence-electron chi connectivity index (χ2n) is 4.43. The standard InChI is InChI=1S/C15H16ClN3O/c16-12-5-6-14(13(7-12)15(18)20)19-9-11-3-1-10(8-17)2-4-11/h1-7,19H,8-9,17H2,(H2,18,20). The van der Waals surface area contributed by atoms with E-state index in [4.69, 9.17) is 23.1 Å². The van der Waals surface area contributed by atoms with Crippen LogP contribution in [0.3, 0.4) is 0 Å². The number of carbonyl (C=O) groups excluding carboxylic acids is 1. The Bertz CT molecular complexity index is 611. The van der Waals surface area contributed by atoms with E-state index in [1.807, 2.05) is 24.3 Å². The molecule has 1 amide bonds. The number of halogens is 1. The lowest BCUT2D eigenvalue weighted by atomic mass is 10.1. The molecule has 2 rings (SSSR count). The van der Waals surface area contributed by atoms with Gasteiger partial charge in [-0.2, -0.15) is 0 Å². The molecule has 20 heavy (non-hydrogen) atoms. The van der Waals surface area contributed by atoms with Crippen molar-refractivity contribution in [2.24, 2.45) is 11.5 Å². The number of nitrogens with one attached hydrogen (secondary N) is 1. The van der Waals surface area contributed by atoms with Crippen molar-refractivity contribution in [3.63, 3.8) is 0 Å². The molecule has 0 saturated heterocycles. The lowest BCUT2D eigenvalue weighted by molar-refractivity contribution is 0.100. The van der Waals surface area contributed by atoms with Crippen molar-refractivity contribution in [3.05, 3.63) is 64.2 Å². The third-order valence-corrected chi connectivity index (χ3v) is 3.22. The third-order valence-electron chi connectivity index (χ3n) is 2.99. The number of anilines is 1. The Morgan fingerprint density at radius 2 is 1.75 bits per heavy atom. The van der Waals surface area contributed by atoms with E-state index in [-0.39, 0.29) is 0 Å². The topological polar surface area (TPSA) is 81.1 Å². The number of hydrogen-bond donors (Lipinski definition) is 3. The first-order chi connectivity index (χ1) is 9.60. The summed E-state index contributed by atoms with van der Waals surface area (Å²) in [6, 6.07) is 13.0. The number of hydrogen-bond acceptors (Lipinski definition) is 3. The van der Waals surface area contributed by atoms with E-state index in [2.05, 4.69) is 5.32 Å². The fourth-order valence-corrected chi connectivity index (χ4v) is 2.04. The van der Waals surface area contributed by atoms with Crippen LogP contribution in [0.2, 0.25) is 5.02 Å². The summed E-state index contributed by atoms with van der Waals surface area (Å²) in [6.07, 6.45) is 0. The summed E-state index contributed by atoms with van der Waals surface area (Å²) in [5.74, 6) is -0.506. The first kappa shape index (κ1) is 14.4. The maximum atomic E-state index is 11.4. The van der Waals surface area contributed by atoms with Gasteiger partial charge in [-0.05, 0) is 29.3 Å². The van der Waals surface area contributed by atoms with Gasteiger partial charge in [0, 0.05) is 23.8 Å². The SMILES string of the molecule is NCc1ccc(CNc2ccc(Cl)cc2C(N)=O)cc1. The van der Waals surface area contributed by atoms with Crippen molar-refractivity contribution in [2.75, 3.05) is 5.32 Å². The summed E-state index contributed by atoms with van der Waals surface area (Å²) in [7, 11) is 0. The van der Waals surface area contributed by atoms with Crippen molar-refractivity contribution in [1.29, 1.82) is 0 Å². The van der Waals surface area contributed by atoms with Crippen LogP contribution >= 0.6 is 11.6 Å². The molecule has 104 valence electrons. The highest BCUT2D eigenvalue weighted by atomic mass is 35.5. The van der Waals surface area contributed by atoms with E-state index in [1.54, 1.807) is 18.2 Å². The van der Waals surface area contributed by atoms with Gasteiger partial charge in [-0.25, -0.2) is 0 Å². The van der Waals surface area contributed by atoms with E-state index in [0.29, 0.717) is 29.4 Å². The van der Waals surface area contributed by atoms with E-state index < -0.39 is 5.91 Å². The summed E-state index contributed by atoms with van der Waals surface area (Å²) >= 11 is 5.86. The molecule has 0 aliphatic carbocycles. The second-order valence-corrected chi connectivity index (χ2v) is 4.86. The van der Waals surface area contributed by atoms with Crippen LogP contribution in [0.4, 0.5) is 5.69 Å². The first-order valence-corrected chi connectivity index (χ1v) is 6.59. The van der Waals surface area contributed by atoms with Gasteiger partial charge in [0.05, 0.1) is 5.56 Å². The van der Waals surface area contributed by atoms with Gasteiger partial charge in [0.1, 0.15) is 0 Å². The zero-order valence-corrected chi connectivity index (χ0v) is 11.7. The molecule has 0 bridgehead atoms. The predicted molar refractivity (Wildman–Crippen MR) is 81.6 cm³/mol. The molecule has 0 heterocycles. The number of amides is 1. The van der Waals surface area contributed by atoms with Crippen molar-refractivity contribution in [2.45, 2.75) is 13.1 Å². The van der Waals surface area contributed by atoms with Crippen molar-refractivity contribution in [3.8, 4) is 0 Å². The smallest absolute Gasteiger partial charge is 0.250 e. The highest BCUT2D eigenvalue weighted by molar-refractivity contribution is 6.31. The van der Waals surface area contributed by atoms with Crippen LogP contribution in [-0.2, 0) is 13.1 Å². The minimum absolute atomic E-state index is 0.385. The summed E-state index contributed by atoms with van der Waals surface area (Å²) in [5, 5.41) is 3.67. The van der Waals surface area contributed by atoms with E-state index in [1.165, 1.54) is 0 Å². The van der Waals surface area contributed by atoms with E-state index >= 15 is 0 Å². The van der Waals surface area contributed by atoms with Crippen LogP contribution in [0.15, 0.2) is 42.5 Å². The van der Waals surface area contributed by atoms with Gasteiger partial charge in [0.25, 0.3) is 5.91 Å². The van der Waals surface area contributed by atoms with Gasteiger partial charge in [0.15, 0.2) is 0 Å². The molecule has 5 N–H and O–H groups in total. The molecule has 0 atom stereocenters. The van der Waals surface area contributed by atoms with Gasteiger partial charge < -0.3 is 16.8 Å². The number of nitrogens with two attached hydrogens (primary N) is 2. The van der Waals surface area contributed by atoms with Crippen LogP contribution in [-0.4, -0.2) is 5.91 Å². The molecule has 0 radical (unpaired) electrons. The molecule has 0 unspecified atom stereocenters. The molecule has 0 aliphatic heterocycles. The van der Waals surface area contributed by atoms with Crippen LogP contribution in [0.1, 0.15) is 21.5 Å². The zero-order chi connectivity index (χ0) is 14.5. The molecular weight excluding hydrogens is 274 g/mol. The van der Waals surface area contributed by atoms with E-state index in [0.717, 1.165) is 11.1 Å². The first-order valence-electron chi connectivity index (χ1n) is 6.21. The molecule has 2 aromatic rings. The van der Waals surface area contributed by atoms with Gasteiger partial charge >= 0.3 is 0 Å². The Morgan fingerprint density at radius 3 is 2.35 bits per heavy atom. The predicted octanol–water partition coefficient (Wildman–Crippen LogP) is 2.51. The quantitative estimate of drug-likeness (QED) is 0.791. The summed E-state index contributed by atoms with van der Waals surface area (Å²) < 4.78 is 0. The van der Waals surface area contributed by atoms with Gasteiger partial charge in [-0.15, -0.1) is 0 Å². The Balaban J connectivity index is 2.12. The number of benzene rings is 2. The Morgan fingerprint density at radius 1 is 1.10 bits per heavy atom. The second kappa shape index (κ2) is 6.41. The molecular formula is C15H16ClN3O. The average Bonchev–Trinajstić information content (AvgIpc) is 2.46. The monoisotopic (exact) mass is 289 g/mol. The Labute approximate surface area is 122 Å². The van der Waals surface area contributed by atoms with E-state index in [9.17, 15) is 4.79 Å². The molecule has 0 fully saturated rings. The third kappa shape index (κ3) is 3.50. The van der Waals surface area contributed by atoms with Crippen molar-refractivity contribution in [1.82, 2.24) is 0 Å². The minimum Gasteiger partial charge on any atom is -0.380 e. The van der Waals surface area contributed by atoms with Gasteiger partial charge in [-0.1, -0.05) is 35.9 Å². The number of carbonyl (C=O) groups is 1. The van der Waals surface area contributed by atoms with Crippen molar-refractivity contribution >= 4 is 23.2 Å². The summed E-state index contributed by atoms with van der Waals surface area (Å²) in [5.41, 5.74) is 14.1. The molecule has 0 aliphatic rings. The molecule has 0 saturated carbocycles. The largest absolute Gasteiger partial charge is 0.380 e. The van der Waals surface area contributed by atoms with Gasteiger partial charge in [-0.3, -0.25) is 4.79 Å². The van der Waals surface area contributed by atoms with Crippen LogP contribution in [0.5, 0.6) is 0 Å². The highest BCUT2D eigenvalue weighted by Gasteiger charge is 2.08. The lowest BCUT2D eigenvalue weighted by Crippen LogP contribution is -2.14. The number of primary amides is 1. The Hall–Kier alpha value is -2.04. The fourth-order valence-electron chi connectivity index (χ4n) is 1.86. The zero-order valence-electron chi connectivity index (χ0n) is 10.9. The maximum absolute atomic E-state index is 11.4. The molecule has 4 nitrogen and oxygen atoms in total. The summed E-state index contributed by atoms with van der Waals surface area (Å²) in [4.78, 5) is 11.4. The Kier molecular flexibility index (Phi) is 4.61. The molecule has 0 spiro atoms. The normalized spacial score (nSPS) is 10.3. The van der Waals surface area contributed by atoms with Crippen LogP contribution in [0, 0.1) is 0 Å². The van der Waals surface area contributed by atoms with Crippen molar-refractivity contribution < 1.29 is 4.79 Å².